The third-order valence-electron chi connectivity index (χ3n) is 4.62. The van der Waals surface area contributed by atoms with Gasteiger partial charge in [0.1, 0.15) is 5.82 Å². The van der Waals surface area contributed by atoms with E-state index in [-0.39, 0.29) is 17.5 Å². The highest BCUT2D eigenvalue weighted by atomic mass is 16.2. The highest BCUT2D eigenvalue weighted by Gasteiger charge is 2.27. The predicted octanol–water partition coefficient (Wildman–Crippen LogP) is 1.06. The summed E-state index contributed by atoms with van der Waals surface area (Å²) in [5.74, 6) is 0.642. The van der Waals surface area contributed by atoms with Crippen LogP contribution >= 0.6 is 0 Å². The van der Waals surface area contributed by atoms with Crippen LogP contribution < -0.4 is 10.9 Å². The molecular formula is C18H20N6O2. The minimum atomic E-state index is -0.183. The van der Waals surface area contributed by atoms with E-state index in [0.29, 0.717) is 18.7 Å². The number of nitrogens with one attached hydrogen (secondary N) is 1. The Labute approximate surface area is 150 Å². The second-order valence-electron chi connectivity index (χ2n) is 6.65. The van der Waals surface area contributed by atoms with Gasteiger partial charge in [-0.05, 0) is 31.5 Å². The van der Waals surface area contributed by atoms with Gasteiger partial charge in [-0.15, -0.1) is 5.10 Å². The van der Waals surface area contributed by atoms with Gasteiger partial charge in [-0.25, -0.2) is 9.50 Å². The van der Waals surface area contributed by atoms with Crippen molar-refractivity contribution in [1.29, 1.82) is 0 Å². The third-order valence-corrected chi connectivity index (χ3v) is 4.62. The Hall–Kier alpha value is -3.16. The number of aryl methyl sites for hydroxylation is 2. The fraction of sp³-hybridized carbons (Fsp3) is 0.333. The molecule has 4 rings (SSSR count). The lowest BCUT2D eigenvalue weighted by molar-refractivity contribution is 0.0791. The number of likely N-dealkylation sites (tertiary alicyclic amines) is 1. The summed E-state index contributed by atoms with van der Waals surface area (Å²) in [7, 11) is 1.66. The van der Waals surface area contributed by atoms with Gasteiger partial charge in [0.15, 0.2) is 5.65 Å². The van der Waals surface area contributed by atoms with Crippen LogP contribution in [0.25, 0.3) is 5.65 Å². The Kier molecular flexibility index (Phi) is 3.95. The molecule has 0 aromatic carbocycles. The van der Waals surface area contributed by atoms with Gasteiger partial charge in [0.25, 0.3) is 11.5 Å². The molecule has 0 spiro atoms. The van der Waals surface area contributed by atoms with Gasteiger partial charge in [0.05, 0.1) is 11.9 Å². The van der Waals surface area contributed by atoms with Gasteiger partial charge in [-0.3, -0.25) is 9.59 Å². The highest BCUT2D eigenvalue weighted by Crippen LogP contribution is 2.17. The monoisotopic (exact) mass is 352 g/mol. The lowest BCUT2D eigenvalue weighted by atomic mass is 10.2. The molecule has 0 aliphatic carbocycles. The number of pyridine rings is 1. The topological polar surface area (TPSA) is 84.5 Å². The number of fused-ring (bicyclic) bond motifs is 1. The van der Waals surface area contributed by atoms with Gasteiger partial charge in [-0.2, -0.15) is 0 Å². The van der Waals surface area contributed by atoms with E-state index in [1.54, 1.807) is 28.7 Å². The molecule has 1 fully saturated rings. The summed E-state index contributed by atoms with van der Waals surface area (Å²) in [4.78, 5) is 30.5. The molecule has 3 aromatic heterocycles. The molecule has 1 unspecified atom stereocenters. The Morgan fingerprint density at radius 1 is 1.31 bits per heavy atom. The minimum absolute atomic E-state index is 0.111. The standard InChI is InChI=1S/C18H20N6O2/c1-12-10-24-16(19-12)4-3-15(21-24)20-14-6-8-23(11-14)18(26)13-5-7-22(2)17(25)9-13/h3-5,7,9-10,14H,6,8,11H2,1-2H3,(H,20,21). The highest BCUT2D eigenvalue weighted by molar-refractivity contribution is 5.94. The summed E-state index contributed by atoms with van der Waals surface area (Å²) in [5, 5.41) is 7.88. The number of rotatable bonds is 3. The summed E-state index contributed by atoms with van der Waals surface area (Å²) < 4.78 is 3.19. The van der Waals surface area contributed by atoms with Crippen molar-refractivity contribution in [3.63, 3.8) is 0 Å². The van der Waals surface area contributed by atoms with Crippen molar-refractivity contribution in [2.24, 2.45) is 7.05 Å². The van der Waals surface area contributed by atoms with Crippen LogP contribution in [0.4, 0.5) is 5.82 Å². The van der Waals surface area contributed by atoms with Crippen molar-refractivity contribution in [3.05, 3.63) is 58.3 Å². The molecule has 1 amide bonds. The van der Waals surface area contributed by atoms with Gasteiger partial charge in [-0.1, -0.05) is 0 Å². The summed E-state index contributed by atoms with van der Waals surface area (Å²) in [6.07, 6.45) is 4.33. The van der Waals surface area contributed by atoms with Gasteiger partial charge < -0.3 is 14.8 Å². The van der Waals surface area contributed by atoms with Crippen LogP contribution in [0.2, 0.25) is 0 Å². The van der Waals surface area contributed by atoms with E-state index in [4.69, 9.17) is 0 Å². The average Bonchev–Trinajstić information content (AvgIpc) is 3.22. The number of carbonyl (C=O) groups excluding carboxylic acids is 1. The molecule has 134 valence electrons. The van der Waals surface area contributed by atoms with Crippen LogP contribution in [0.5, 0.6) is 0 Å². The molecule has 8 heteroatoms. The van der Waals surface area contributed by atoms with Gasteiger partial charge in [0, 0.05) is 44.0 Å². The molecular weight excluding hydrogens is 332 g/mol. The number of aromatic nitrogens is 4. The lowest BCUT2D eigenvalue weighted by Gasteiger charge is -2.17. The molecule has 0 bridgehead atoms. The average molecular weight is 352 g/mol. The molecule has 0 radical (unpaired) electrons. The molecule has 1 aliphatic rings. The number of hydrogen-bond acceptors (Lipinski definition) is 5. The van der Waals surface area contributed by atoms with E-state index in [1.165, 1.54) is 10.6 Å². The third kappa shape index (κ3) is 3.05. The molecule has 3 aromatic rings. The predicted molar refractivity (Wildman–Crippen MR) is 97.3 cm³/mol. The van der Waals surface area contributed by atoms with Crippen molar-refractivity contribution < 1.29 is 4.79 Å². The van der Waals surface area contributed by atoms with Crippen molar-refractivity contribution in [1.82, 2.24) is 24.1 Å². The number of anilines is 1. The Balaban J connectivity index is 1.44. The fourth-order valence-corrected chi connectivity index (χ4v) is 3.21. The maximum atomic E-state index is 12.6. The first-order valence-electron chi connectivity index (χ1n) is 8.55. The summed E-state index contributed by atoms with van der Waals surface area (Å²) in [6, 6.07) is 7.01. The molecule has 0 saturated carbocycles. The summed E-state index contributed by atoms with van der Waals surface area (Å²) in [6.45, 7) is 3.16. The first-order chi connectivity index (χ1) is 12.5. The van der Waals surface area contributed by atoms with Crippen molar-refractivity contribution in [2.75, 3.05) is 18.4 Å². The van der Waals surface area contributed by atoms with Crippen molar-refractivity contribution in [3.8, 4) is 0 Å². The second-order valence-corrected chi connectivity index (χ2v) is 6.65. The zero-order valence-corrected chi connectivity index (χ0v) is 14.7. The minimum Gasteiger partial charge on any atom is -0.364 e. The first-order valence-corrected chi connectivity index (χ1v) is 8.55. The van der Waals surface area contributed by atoms with Crippen LogP contribution in [0.1, 0.15) is 22.5 Å². The number of carbonyl (C=O) groups is 1. The molecule has 1 aliphatic heterocycles. The molecule has 8 nitrogen and oxygen atoms in total. The number of nitrogens with zero attached hydrogens (tertiary/aromatic N) is 5. The smallest absolute Gasteiger partial charge is 0.254 e. The van der Waals surface area contributed by atoms with E-state index in [1.807, 2.05) is 25.3 Å². The van der Waals surface area contributed by atoms with Crippen LogP contribution in [0.3, 0.4) is 0 Å². The van der Waals surface area contributed by atoms with E-state index in [2.05, 4.69) is 15.4 Å². The van der Waals surface area contributed by atoms with E-state index in [0.717, 1.165) is 23.6 Å². The van der Waals surface area contributed by atoms with E-state index in [9.17, 15) is 9.59 Å². The van der Waals surface area contributed by atoms with Crippen LogP contribution in [0.15, 0.2) is 41.5 Å². The molecule has 1 saturated heterocycles. The molecule has 26 heavy (non-hydrogen) atoms. The Bertz CT molecular complexity index is 1040. The SMILES string of the molecule is Cc1cn2nc(NC3CCN(C(=O)c4ccn(C)c(=O)c4)C3)ccc2n1. The molecule has 1 atom stereocenters. The number of amides is 1. The molecule has 4 heterocycles. The van der Waals surface area contributed by atoms with E-state index < -0.39 is 0 Å². The summed E-state index contributed by atoms with van der Waals surface area (Å²) in [5.41, 5.74) is 1.98. The first kappa shape index (κ1) is 16.3. The maximum Gasteiger partial charge on any atom is 0.254 e. The Morgan fingerprint density at radius 3 is 2.96 bits per heavy atom. The molecule has 1 N–H and O–H groups in total. The quantitative estimate of drug-likeness (QED) is 0.762. The Morgan fingerprint density at radius 2 is 2.15 bits per heavy atom. The second kappa shape index (κ2) is 6.29. The summed E-state index contributed by atoms with van der Waals surface area (Å²) >= 11 is 0. The van der Waals surface area contributed by atoms with Crippen LogP contribution in [-0.4, -0.2) is 49.1 Å². The van der Waals surface area contributed by atoms with E-state index >= 15 is 0 Å². The normalized spacial score (nSPS) is 17.0. The van der Waals surface area contributed by atoms with Crippen LogP contribution in [-0.2, 0) is 7.05 Å². The maximum absolute atomic E-state index is 12.6. The van der Waals surface area contributed by atoms with Crippen molar-refractivity contribution in [2.45, 2.75) is 19.4 Å². The zero-order chi connectivity index (χ0) is 18.3. The number of hydrogen-bond donors (Lipinski definition) is 1. The number of imidazole rings is 1. The van der Waals surface area contributed by atoms with Crippen LogP contribution in [0, 0.1) is 6.92 Å². The fourth-order valence-electron chi connectivity index (χ4n) is 3.21. The van der Waals surface area contributed by atoms with Gasteiger partial charge in [0.2, 0.25) is 0 Å². The van der Waals surface area contributed by atoms with Gasteiger partial charge >= 0.3 is 0 Å². The van der Waals surface area contributed by atoms with Crippen molar-refractivity contribution >= 4 is 17.4 Å². The lowest BCUT2D eigenvalue weighted by Crippen LogP contribution is -2.32. The zero-order valence-electron chi connectivity index (χ0n) is 14.7. The largest absolute Gasteiger partial charge is 0.364 e.